The van der Waals surface area contributed by atoms with Gasteiger partial charge in [-0.05, 0) is 64.4 Å². The largest absolute Gasteiger partial charge is 0.497 e. The summed E-state index contributed by atoms with van der Waals surface area (Å²) in [4.78, 5) is 8.90. The van der Waals surface area contributed by atoms with Gasteiger partial charge >= 0.3 is 12.1 Å². The summed E-state index contributed by atoms with van der Waals surface area (Å²) < 4.78 is 38.2. The maximum absolute atomic E-state index is 10.6. The van der Waals surface area contributed by atoms with E-state index in [2.05, 4.69) is 65.9 Å². The molecule has 23 heavy (non-hydrogen) atoms. The Morgan fingerprint density at radius 3 is 2.13 bits per heavy atom. The van der Waals surface area contributed by atoms with E-state index in [1.807, 2.05) is 6.07 Å². The van der Waals surface area contributed by atoms with Gasteiger partial charge in [-0.25, -0.2) is 4.79 Å². The fraction of sp³-hybridized carbons (Fsp3) is 0.188. The summed E-state index contributed by atoms with van der Waals surface area (Å²) >= 11 is 2.37. The van der Waals surface area contributed by atoms with Crippen molar-refractivity contribution < 1.29 is 27.8 Å². The molecule has 0 atom stereocenters. The van der Waals surface area contributed by atoms with E-state index < -0.39 is 12.1 Å². The molecule has 2 aromatic carbocycles. The normalized spacial score (nSPS) is 10.5. The second kappa shape index (κ2) is 8.19. The molecule has 0 fully saturated rings. The van der Waals surface area contributed by atoms with Crippen molar-refractivity contribution >= 4 is 28.6 Å². The SMILES string of the molecule is COc1ccc(-c2ccccc2I)c(C)c1.O=C(O)C(F)(F)F. The van der Waals surface area contributed by atoms with Crippen molar-refractivity contribution in [3.8, 4) is 16.9 Å². The van der Waals surface area contributed by atoms with Crippen molar-refractivity contribution in [2.24, 2.45) is 0 Å². The standard InChI is InChI=1S/C14H13IO.C2HF3O2/c1-10-9-11(16-2)7-8-12(10)13-5-3-4-6-14(13)15;3-2(4,5)1(6)7/h3-9H,1-2H3;(H,6,7). The van der Waals surface area contributed by atoms with E-state index in [-0.39, 0.29) is 0 Å². The van der Waals surface area contributed by atoms with Gasteiger partial charge in [0.15, 0.2) is 0 Å². The van der Waals surface area contributed by atoms with Crippen molar-refractivity contribution in [3.05, 3.63) is 51.6 Å². The number of carbonyl (C=O) groups is 1. The van der Waals surface area contributed by atoms with Crippen LogP contribution in [0.5, 0.6) is 5.75 Å². The Morgan fingerprint density at radius 1 is 1.13 bits per heavy atom. The molecular weight excluding hydrogens is 424 g/mol. The van der Waals surface area contributed by atoms with Gasteiger partial charge in [0.05, 0.1) is 7.11 Å². The number of carboxylic acids is 1. The van der Waals surface area contributed by atoms with Crippen LogP contribution in [0.3, 0.4) is 0 Å². The van der Waals surface area contributed by atoms with Crippen LogP contribution in [-0.4, -0.2) is 24.4 Å². The number of ether oxygens (including phenoxy) is 1. The topological polar surface area (TPSA) is 46.5 Å². The predicted molar refractivity (Wildman–Crippen MR) is 89.6 cm³/mol. The van der Waals surface area contributed by atoms with Crippen molar-refractivity contribution in [3.63, 3.8) is 0 Å². The number of alkyl halides is 3. The van der Waals surface area contributed by atoms with E-state index in [0.29, 0.717) is 0 Å². The van der Waals surface area contributed by atoms with E-state index in [9.17, 15) is 13.2 Å². The van der Waals surface area contributed by atoms with E-state index in [4.69, 9.17) is 14.6 Å². The molecule has 0 heterocycles. The first-order chi connectivity index (χ1) is 10.7. The molecule has 2 rings (SSSR count). The number of halogens is 4. The summed E-state index contributed by atoms with van der Waals surface area (Å²) in [7, 11) is 1.70. The summed E-state index contributed by atoms with van der Waals surface area (Å²) in [6, 6.07) is 14.6. The maximum Gasteiger partial charge on any atom is 0.490 e. The average Bonchev–Trinajstić information content (AvgIpc) is 2.47. The van der Waals surface area contributed by atoms with E-state index in [1.54, 1.807) is 7.11 Å². The Balaban J connectivity index is 0.000000322. The van der Waals surface area contributed by atoms with Gasteiger partial charge in [0.25, 0.3) is 0 Å². The molecule has 124 valence electrons. The lowest BCUT2D eigenvalue weighted by Crippen LogP contribution is -2.21. The van der Waals surface area contributed by atoms with Crippen LogP contribution in [0.15, 0.2) is 42.5 Å². The van der Waals surface area contributed by atoms with Crippen LogP contribution in [-0.2, 0) is 4.79 Å². The molecule has 0 saturated heterocycles. The molecule has 2 aromatic rings. The van der Waals surface area contributed by atoms with Gasteiger partial charge in [0, 0.05) is 3.57 Å². The highest BCUT2D eigenvalue weighted by molar-refractivity contribution is 14.1. The van der Waals surface area contributed by atoms with Crippen LogP contribution in [0, 0.1) is 10.5 Å². The van der Waals surface area contributed by atoms with Crippen LogP contribution in [0.1, 0.15) is 5.56 Å². The molecule has 3 nitrogen and oxygen atoms in total. The van der Waals surface area contributed by atoms with Crippen LogP contribution < -0.4 is 4.74 Å². The fourth-order valence-corrected chi connectivity index (χ4v) is 2.42. The first-order valence-electron chi connectivity index (χ1n) is 6.36. The molecule has 0 unspecified atom stereocenters. The van der Waals surface area contributed by atoms with E-state index in [1.165, 1.54) is 20.3 Å². The lowest BCUT2D eigenvalue weighted by molar-refractivity contribution is -0.192. The minimum absolute atomic E-state index is 0.909. The van der Waals surface area contributed by atoms with Crippen molar-refractivity contribution in [1.82, 2.24) is 0 Å². The molecule has 0 saturated carbocycles. The zero-order valence-corrected chi connectivity index (χ0v) is 14.5. The summed E-state index contributed by atoms with van der Waals surface area (Å²) in [6.45, 7) is 2.11. The zero-order valence-electron chi connectivity index (χ0n) is 12.3. The van der Waals surface area contributed by atoms with Crippen LogP contribution in [0.2, 0.25) is 0 Å². The molecule has 0 amide bonds. The molecule has 0 aliphatic rings. The fourth-order valence-electron chi connectivity index (χ4n) is 1.74. The van der Waals surface area contributed by atoms with Crippen molar-refractivity contribution in [2.45, 2.75) is 13.1 Å². The molecule has 0 spiro atoms. The molecule has 0 bridgehead atoms. The van der Waals surface area contributed by atoms with Gasteiger partial charge in [-0.3, -0.25) is 0 Å². The second-order valence-electron chi connectivity index (χ2n) is 4.46. The lowest BCUT2D eigenvalue weighted by Gasteiger charge is -2.09. The highest BCUT2D eigenvalue weighted by atomic mass is 127. The Kier molecular flexibility index (Phi) is 6.86. The smallest absolute Gasteiger partial charge is 0.490 e. The first-order valence-corrected chi connectivity index (χ1v) is 7.44. The number of rotatable bonds is 2. The lowest BCUT2D eigenvalue weighted by atomic mass is 10.0. The number of methoxy groups -OCH3 is 1. The number of hydrogen-bond acceptors (Lipinski definition) is 2. The quantitative estimate of drug-likeness (QED) is 0.679. The number of carboxylic acid groups (broad SMARTS) is 1. The third-order valence-corrected chi connectivity index (χ3v) is 3.78. The third kappa shape index (κ3) is 5.74. The maximum atomic E-state index is 10.6. The molecule has 7 heteroatoms. The molecule has 0 aromatic heterocycles. The molecule has 0 radical (unpaired) electrons. The molecule has 0 aliphatic carbocycles. The van der Waals surface area contributed by atoms with Gasteiger partial charge in [0.1, 0.15) is 5.75 Å². The van der Waals surface area contributed by atoms with Crippen molar-refractivity contribution in [2.75, 3.05) is 7.11 Å². The summed E-state index contributed by atoms with van der Waals surface area (Å²) in [5.41, 5.74) is 3.79. The summed E-state index contributed by atoms with van der Waals surface area (Å²) in [6.07, 6.45) is -5.08. The van der Waals surface area contributed by atoms with Gasteiger partial charge in [0.2, 0.25) is 0 Å². The highest BCUT2D eigenvalue weighted by Crippen LogP contribution is 2.30. The number of hydrogen-bond donors (Lipinski definition) is 1. The zero-order chi connectivity index (χ0) is 17.6. The number of benzene rings is 2. The van der Waals surface area contributed by atoms with Gasteiger partial charge < -0.3 is 9.84 Å². The predicted octanol–water partition coefficient (Wildman–Crippen LogP) is 4.91. The number of aryl methyl sites for hydroxylation is 1. The monoisotopic (exact) mass is 438 g/mol. The van der Waals surface area contributed by atoms with E-state index >= 15 is 0 Å². The number of aliphatic carboxylic acids is 1. The Morgan fingerprint density at radius 2 is 1.70 bits per heavy atom. The first kappa shape index (κ1) is 19.3. The minimum atomic E-state index is -5.08. The highest BCUT2D eigenvalue weighted by Gasteiger charge is 2.38. The average molecular weight is 438 g/mol. The summed E-state index contributed by atoms with van der Waals surface area (Å²) in [5, 5.41) is 7.12. The second-order valence-corrected chi connectivity index (χ2v) is 5.63. The van der Waals surface area contributed by atoms with E-state index in [0.717, 1.165) is 5.75 Å². The van der Waals surface area contributed by atoms with Gasteiger partial charge in [-0.2, -0.15) is 13.2 Å². The molecule has 1 N–H and O–H groups in total. The van der Waals surface area contributed by atoms with Gasteiger partial charge in [-0.1, -0.05) is 24.3 Å². The Bertz CT molecular complexity index is 685. The third-order valence-electron chi connectivity index (χ3n) is 2.84. The van der Waals surface area contributed by atoms with Crippen LogP contribution in [0.4, 0.5) is 13.2 Å². The summed E-state index contributed by atoms with van der Waals surface area (Å²) in [5.74, 6) is -1.85. The van der Waals surface area contributed by atoms with Gasteiger partial charge in [-0.15, -0.1) is 0 Å². The Hall–Kier alpha value is -1.77. The Labute approximate surface area is 145 Å². The molecular formula is C16H14F3IO3. The van der Waals surface area contributed by atoms with Crippen LogP contribution in [0.25, 0.3) is 11.1 Å². The minimum Gasteiger partial charge on any atom is -0.497 e. The van der Waals surface area contributed by atoms with Crippen LogP contribution >= 0.6 is 22.6 Å². The van der Waals surface area contributed by atoms with Crippen molar-refractivity contribution in [1.29, 1.82) is 0 Å². The molecule has 0 aliphatic heterocycles.